The first-order valence-electron chi connectivity index (χ1n) is 9.37. The molecule has 0 aliphatic heterocycles. The van der Waals surface area contributed by atoms with Crippen molar-refractivity contribution in [3.63, 3.8) is 0 Å². The Hall–Kier alpha value is -1.87. The topological polar surface area (TPSA) is 76.5 Å². The molecule has 3 heterocycles. The van der Waals surface area contributed by atoms with Crippen molar-refractivity contribution in [3.05, 3.63) is 37.9 Å². The van der Waals surface area contributed by atoms with Gasteiger partial charge in [-0.3, -0.25) is 4.79 Å². The molecule has 3 aromatic rings. The van der Waals surface area contributed by atoms with Crippen molar-refractivity contribution in [2.24, 2.45) is 0 Å². The molecule has 10 heteroatoms. The molecule has 0 saturated heterocycles. The smallest absolute Gasteiger partial charge is 0.262 e. The van der Waals surface area contributed by atoms with E-state index in [1.807, 2.05) is 5.38 Å². The lowest BCUT2D eigenvalue weighted by Gasteiger charge is -2.34. The van der Waals surface area contributed by atoms with E-state index in [4.69, 9.17) is 16.6 Å². The zero-order valence-corrected chi connectivity index (χ0v) is 16.4. The van der Waals surface area contributed by atoms with Crippen molar-refractivity contribution >= 4 is 34.0 Å². The highest BCUT2D eigenvalue weighted by Gasteiger charge is 2.38. The molecule has 1 N–H and O–H groups in total. The van der Waals surface area contributed by atoms with E-state index in [-0.39, 0.29) is 36.3 Å². The molecule has 3 aromatic heterocycles. The molecular weight excluding hydrogens is 408 g/mol. The third kappa shape index (κ3) is 3.04. The van der Waals surface area contributed by atoms with Gasteiger partial charge >= 0.3 is 0 Å². The van der Waals surface area contributed by atoms with Gasteiger partial charge in [-0.1, -0.05) is 11.6 Å². The lowest BCUT2D eigenvalue weighted by Crippen LogP contribution is -2.28. The molecule has 0 bridgehead atoms. The number of thiazole rings is 1. The van der Waals surface area contributed by atoms with Gasteiger partial charge in [-0.2, -0.15) is 5.10 Å². The third-order valence-corrected chi connectivity index (χ3v) is 7.01. The number of H-pyrrole nitrogens is 1. The lowest BCUT2D eigenvalue weighted by molar-refractivity contribution is -0.0446. The Morgan fingerprint density at radius 1 is 1.18 bits per heavy atom. The van der Waals surface area contributed by atoms with Crippen molar-refractivity contribution in [2.45, 2.75) is 62.3 Å². The van der Waals surface area contributed by atoms with Crippen LogP contribution in [0.15, 0.2) is 16.4 Å². The van der Waals surface area contributed by atoms with Gasteiger partial charge in [-0.05, 0) is 25.7 Å². The minimum absolute atomic E-state index is 0.0642. The summed E-state index contributed by atoms with van der Waals surface area (Å²) in [5.74, 6) is -1.76. The van der Waals surface area contributed by atoms with Gasteiger partial charge in [0.2, 0.25) is 5.92 Å². The van der Waals surface area contributed by atoms with Crippen molar-refractivity contribution in [2.75, 3.05) is 0 Å². The van der Waals surface area contributed by atoms with Crippen LogP contribution in [0.1, 0.15) is 67.9 Å². The maximum absolute atomic E-state index is 13.5. The summed E-state index contributed by atoms with van der Waals surface area (Å²) in [6, 6.07) is -0.159. The second kappa shape index (κ2) is 6.59. The molecule has 2 fully saturated rings. The Morgan fingerprint density at radius 3 is 2.57 bits per heavy atom. The van der Waals surface area contributed by atoms with Crippen molar-refractivity contribution in [3.8, 4) is 0 Å². The summed E-state index contributed by atoms with van der Waals surface area (Å²) in [5.41, 5.74) is 1.17. The molecule has 0 unspecified atom stereocenters. The molecule has 0 amide bonds. The van der Waals surface area contributed by atoms with E-state index >= 15 is 0 Å². The molecule has 2 aliphatic carbocycles. The predicted octanol–water partition coefficient (Wildman–Crippen LogP) is 4.64. The molecule has 2 saturated carbocycles. The Labute approximate surface area is 168 Å². The number of fused-ring (bicyclic) bond motifs is 1. The van der Waals surface area contributed by atoms with E-state index in [0.717, 1.165) is 18.5 Å². The van der Waals surface area contributed by atoms with Gasteiger partial charge in [0, 0.05) is 30.1 Å². The van der Waals surface area contributed by atoms with Gasteiger partial charge in [0.15, 0.2) is 10.1 Å². The monoisotopic (exact) mass is 425 g/mol. The minimum Gasteiger partial charge on any atom is -0.310 e. The summed E-state index contributed by atoms with van der Waals surface area (Å²) in [6.07, 6.45) is 3.68. The first-order chi connectivity index (χ1) is 13.4. The second-order valence-corrected chi connectivity index (χ2v) is 9.12. The van der Waals surface area contributed by atoms with Crippen LogP contribution in [0.25, 0.3) is 11.0 Å². The SMILES string of the molecule is O=c1[nH]c([C@@H]2CC[C@@H]2c2csc(Cl)n2)nc2c1cnn2C1CCC(F)(F)CC1. The van der Waals surface area contributed by atoms with Crippen LogP contribution in [-0.2, 0) is 0 Å². The Balaban J connectivity index is 1.49. The summed E-state index contributed by atoms with van der Waals surface area (Å²) < 4.78 is 29.2. The summed E-state index contributed by atoms with van der Waals surface area (Å²) >= 11 is 7.36. The molecule has 28 heavy (non-hydrogen) atoms. The zero-order valence-electron chi connectivity index (χ0n) is 14.9. The van der Waals surface area contributed by atoms with E-state index in [9.17, 15) is 13.6 Å². The highest BCUT2D eigenvalue weighted by atomic mass is 35.5. The van der Waals surface area contributed by atoms with E-state index in [2.05, 4.69) is 15.1 Å². The van der Waals surface area contributed by atoms with Crippen LogP contribution in [0, 0.1) is 0 Å². The average molecular weight is 426 g/mol. The van der Waals surface area contributed by atoms with E-state index < -0.39 is 5.92 Å². The van der Waals surface area contributed by atoms with Crippen molar-refractivity contribution < 1.29 is 8.78 Å². The molecule has 148 valence electrons. The van der Waals surface area contributed by atoms with Gasteiger partial charge in [-0.25, -0.2) is 23.4 Å². The first kappa shape index (κ1) is 18.2. The van der Waals surface area contributed by atoms with Crippen LogP contribution < -0.4 is 5.56 Å². The Kier molecular flexibility index (Phi) is 4.28. The number of rotatable bonds is 3. The van der Waals surface area contributed by atoms with Crippen LogP contribution in [0.3, 0.4) is 0 Å². The summed E-state index contributed by atoms with van der Waals surface area (Å²) in [5, 5.41) is 6.66. The molecule has 2 aliphatic rings. The van der Waals surface area contributed by atoms with Crippen molar-refractivity contribution in [1.29, 1.82) is 0 Å². The maximum atomic E-state index is 13.5. The molecule has 0 spiro atoms. The van der Waals surface area contributed by atoms with E-state index in [0.29, 0.717) is 34.2 Å². The quantitative estimate of drug-likeness (QED) is 0.663. The highest BCUT2D eigenvalue weighted by Crippen LogP contribution is 2.48. The number of hydrogen-bond donors (Lipinski definition) is 1. The second-order valence-electron chi connectivity index (χ2n) is 7.68. The number of nitrogens with one attached hydrogen (secondary N) is 1. The molecule has 6 nitrogen and oxygen atoms in total. The number of aromatic nitrogens is 5. The molecule has 0 aromatic carbocycles. The van der Waals surface area contributed by atoms with Crippen LogP contribution in [-0.4, -0.2) is 30.7 Å². The highest BCUT2D eigenvalue weighted by molar-refractivity contribution is 7.13. The molecule has 0 radical (unpaired) electrons. The summed E-state index contributed by atoms with van der Waals surface area (Å²) in [6.45, 7) is 0. The third-order valence-electron chi connectivity index (χ3n) is 6.01. The Morgan fingerprint density at radius 2 is 1.93 bits per heavy atom. The fourth-order valence-electron chi connectivity index (χ4n) is 4.28. The fourth-order valence-corrected chi connectivity index (χ4v) is 5.12. The van der Waals surface area contributed by atoms with Gasteiger partial charge < -0.3 is 4.98 Å². The number of nitrogens with zero attached hydrogens (tertiary/aromatic N) is 4. The Bertz CT molecular complexity index is 1080. The zero-order chi connectivity index (χ0) is 19.5. The molecule has 5 rings (SSSR count). The van der Waals surface area contributed by atoms with Gasteiger partial charge in [-0.15, -0.1) is 11.3 Å². The van der Waals surface area contributed by atoms with Gasteiger partial charge in [0.25, 0.3) is 5.56 Å². The number of halogens is 3. The normalized spacial score (nSPS) is 25.1. The molecular formula is C18H18ClF2N5OS. The van der Waals surface area contributed by atoms with Gasteiger partial charge in [0.05, 0.1) is 17.9 Å². The minimum atomic E-state index is -2.61. The van der Waals surface area contributed by atoms with Gasteiger partial charge in [0.1, 0.15) is 11.2 Å². The van der Waals surface area contributed by atoms with E-state index in [1.54, 1.807) is 4.68 Å². The van der Waals surface area contributed by atoms with E-state index in [1.165, 1.54) is 17.5 Å². The van der Waals surface area contributed by atoms with Crippen molar-refractivity contribution in [1.82, 2.24) is 24.7 Å². The molecule has 2 atom stereocenters. The average Bonchev–Trinajstić information content (AvgIpc) is 3.21. The maximum Gasteiger partial charge on any atom is 0.262 e. The van der Waals surface area contributed by atoms with Crippen LogP contribution in [0.4, 0.5) is 8.78 Å². The van der Waals surface area contributed by atoms with Crippen LogP contribution in [0.2, 0.25) is 4.47 Å². The largest absolute Gasteiger partial charge is 0.310 e. The number of hydrogen-bond acceptors (Lipinski definition) is 5. The summed E-state index contributed by atoms with van der Waals surface area (Å²) in [4.78, 5) is 24.6. The van der Waals surface area contributed by atoms with Crippen LogP contribution >= 0.6 is 22.9 Å². The summed E-state index contributed by atoms with van der Waals surface area (Å²) in [7, 11) is 0. The number of alkyl halides is 2. The fraction of sp³-hybridized carbons (Fsp3) is 0.556. The van der Waals surface area contributed by atoms with Crippen LogP contribution in [0.5, 0.6) is 0 Å². The first-order valence-corrected chi connectivity index (χ1v) is 10.6. The predicted molar refractivity (Wildman–Crippen MR) is 102 cm³/mol. The standard InChI is InChI=1S/C18H18ClF2N5OS/c19-17-23-13(8-28-17)10-1-2-11(10)14-24-15-12(16(27)25-14)7-22-26(15)9-3-5-18(20,21)6-4-9/h7-11H,1-6H2,(H,24,25,27)/t10-,11+/m0/s1. The number of aromatic amines is 1. The lowest BCUT2D eigenvalue weighted by atomic mass is 9.71.